The Hall–Kier alpha value is -0.326. The van der Waals surface area contributed by atoms with E-state index < -0.39 is 0 Å². The second-order valence-corrected chi connectivity index (χ2v) is 15.5. The highest BCUT2D eigenvalue weighted by molar-refractivity contribution is 7.94. The van der Waals surface area contributed by atoms with Crippen LogP contribution >= 0.6 is 0 Å². The molecule has 0 aliphatic carbocycles. The molecular formula is C19H43B23. The van der Waals surface area contributed by atoms with E-state index in [9.17, 15) is 0 Å². The zero-order chi connectivity index (χ0) is 32.1. The molecule has 3 aromatic carbocycles. The van der Waals surface area contributed by atoms with Crippen LogP contribution < -0.4 is 27.3 Å². The number of hydrogen-bond acceptors (Lipinski definition) is 0. The number of fused-ring (bicyclic) bond motifs is 2. The lowest BCUT2D eigenvalue weighted by Crippen LogP contribution is -2.68. The fourth-order valence-corrected chi connectivity index (χ4v) is 8.58. The van der Waals surface area contributed by atoms with Gasteiger partial charge in [0.1, 0.15) is 7.17 Å². The predicted octanol–water partition coefficient (Wildman–Crippen LogP) is -14.8. The molecule has 0 heterocycles. The van der Waals surface area contributed by atoms with Crippen molar-refractivity contribution in [3.8, 4) is 0 Å². The van der Waals surface area contributed by atoms with E-state index >= 15 is 0 Å². The number of benzene rings is 3. The Kier molecular flexibility index (Phi) is 12.0. The molecule has 0 nitrogen and oxygen atoms in total. The molecule has 0 aliphatic heterocycles. The van der Waals surface area contributed by atoms with Gasteiger partial charge in [0.15, 0.2) is 0 Å². The van der Waals surface area contributed by atoms with E-state index in [1.165, 1.54) is 29.3 Å². The fraction of sp³-hybridized carbons (Fsp3) is 0.263. The van der Waals surface area contributed by atoms with E-state index in [-0.39, 0.29) is 0 Å². The SMILES string of the molecule is BBB(B)c1c(B(B)B)c(BB)c(C)c2c(C)c3c(C)c(C)c(C)c(B(B)B(B)B)c3c(B(B(B)B)B(B)B(B)B)c12. The third-order valence-electron chi connectivity index (χ3n) is 11.8. The van der Waals surface area contributed by atoms with Crippen molar-refractivity contribution in [2.45, 2.75) is 34.6 Å². The summed E-state index contributed by atoms with van der Waals surface area (Å²) in [5.41, 5.74) is 15.8. The van der Waals surface area contributed by atoms with Crippen LogP contribution in [0.3, 0.4) is 0 Å². The van der Waals surface area contributed by atoms with Crippen molar-refractivity contribution in [3.05, 3.63) is 27.8 Å². The topological polar surface area (TPSA) is 0 Å². The summed E-state index contributed by atoms with van der Waals surface area (Å²) in [5.74, 6) is 0. The van der Waals surface area contributed by atoms with Crippen LogP contribution in [0.2, 0.25) is 0 Å². The summed E-state index contributed by atoms with van der Waals surface area (Å²) in [4.78, 5) is 0. The van der Waals surface area contributed by atoms with Crippen molar-refractivity contribution >= 4 is 215 Å². The van der Waals surface area contributed by atoms with Crippen molar-refractivity contribution < 1.29 is 0 Å². The third kappa shape index (κ3) is 5.97. The van der Waals surface area contributed by atoms with E-state index in [4.69, 9.17) is 0 Å². The summed E-state index contributed by atoms with van der Waals surface area (Å²) >= 11 is 0. The Morgan fingerprint density at radius 3 is 1.43 bits per heavy atom. The van der Waals surface area contributed by atoms with Gasteiger partial charge in [0.05, 0.1) is 134 Å². The Morgan fingerprint density at radius 1 is 0.476 bits per heavy atom. The first-order chi connectivity index (χ1) is 19.5. The van der Waals surface area contributed by atoms with Crippen LogP contribution in [0.4, 0.5) is 0 Å². The van der Waals surface area contributed by atoms with Gasteiger partial charge in [-0.25, -0.2) is 0 Å². The molecule has 23 heteroatoms. The highest BCUT2D eigenvalue weighted by Gasteiger charge is 2.38. The van der Waals surface area contributed by atoms with E-state index in [0.717, 1.165) is 7.17 Å². The van der Waals surface area contributed by atoms with Crippen molar-refractivity contribution in [2.24, 2.45) is 0 Å². The van der Waals surface area contributed by atoms with Crippen LogP contribution in [0.1, 0.15) is 27.8 Å². The molecule has 0 fully saturated rings. The van der Waals surface area contributed by atoms with Crippen LogP contribution in [0.15, 0.2) is 0 Å². The summed E-state index contributed by atoms with van der Waals surface area (Å²) in [6.07, 6.45) is 2.35. The first-order valence-corrected chi connectivity index (χ1v) is 17.5. The molecule has 188 valence electrons. The number of aryl methyl sites for hydroxylation is 3. The van der Waals surface area contributed by atoms with Gasteiger partial charge in [0, 0.05) is 25.5 Å². The molecule has 0 radical (unpaired) electrons. The van der Waals surface area contributed by atoms with Crippen LogP contribution in [-0.4, -0.2) is 166 Å². The largest absolute Gasteiger partial charge is 0.118 e. The van der Waals surface area contributed by atoms with E-state index in [1.54, 1.807) is 54.4 Å². The summed E-state index contributed by atoms with van der Waals surface area (Å²) in [5, 5.41) is 6.39. The van der Waals surface area contributed by atoms with Crippen LogP contribution in [0, 0.1) is 34.6 Å². The van der Waals surface area contributed by atoms with Gasteiger partial charge in [0.2, 0.25) is 0 Å². The Balaban J connectivity index is 3.04. The molecule has 0 saturated carbocycles. The van der Waals surface area contributed by atoms with E-state index in [2.05, 4.69) is 135 Å². The maximum absolute atomic E-state index is 2.55. The maximum atomic E-state index is 2.55. The smallest absolute Gasteiger partial charge is 0.110 e. The van der Waals surface area contributed by atoms with Crippen molar-refractivity contribution in [2.75, 3.05) is 0 Å². The molecule has 0 N–H and O–H groups in total. The van der Waals surface area contributed by atoms with Crippen molar-refractivity contribution in [1.29, 1.82) is 0 Å². The monoisotopic (exact) mass is 525 g/mol. The maximum Gasteiger partial charge on any atom is 0.118 e. The Bertz CT molecular complexity index is 1480. The average Bonchev–Trinajstić information content (AvgIpc) is 2.91. The van der Waals surface area contributed by atoms with Gasteiger partial charge in [-0.05, 0) is 72.9 Å². The van der Waals surface area contributed by atoms with Crippen molar-refractivity contribution in [1.82, 2.24) is 0 Å². The first kappa shape index (κ1) is 36.1. The summed E-state index contributed by atoms with van der Waals surface area (Å²) in [7, 11) is 34.3. The molecule has 0 unspecified atom stereocenters. The van der Waals surface area contributed by atoms with Gasteiger partial charge in [-0.1, -0.05) is 33.0 Å². The predicted molar refractivity (Wildman–Crippen MR) is 255 cm³/mol. The molecule has 3 aromatic rings. The van der Waals surface area contributed by atoms with E-state index in [1.807, 2.05) is 0 Å². The highest BCUT2D eigenvalue weighted by atomic mass is 14.2. The standard InChI is InChI=1S/C19H43B23/c1-6-7(2)11-9(4)12-10(5)15(33-20)19(35(22)23)18(36(24)34-21)14(12)17(38(40(28)29)42(32)41(30)31)13(11)16(8(6)3)37(25)39(26)27/h33-34H,20-32H2,1-5H3. The van der Waals surface area contributed by atoms with Gasteiger partial charge >= 0.3 is 0 Å². The quantitative estimate of drug-likeness (QED) is 0.184. The van der Waals surface area contributed by atoms with Crippen LogP contribution in [0.5, 0.6) is 0 Å². The third-order valence-corrected chi connectivity index (χ3v) is 11.8. The van der Waals surface area contributed by atoms with Gasteiger partial charge < -0.3 is 0 Å². The molecule has 0 atom stereocenters. The molecule has 0 spiro atoms. The molecule has 0 amide bonds. The summed E-state index contributed by atoms with van der Waals surface area (Å²) in [6.45, 7) is 14.2. The van der Waals surface area contributed by atoms with Gasteiger partial charge in [0.25, 0.3) is 0 Å². The molecule has 0 saturated heterocycles. The van der Waals surface area contributed by atoms with Gasteiger partial charge in [-0.2, -0.15) is 0 Å². The summed E-state index contributed by atoms with van der Waals surface area (Å²) < 4.78 is 0. The fourth-order valence-electron chi connectivity index (χ4n) is 8.58. The van der Waals surface area contributed by atoms with Gasteiger partial charge in [-0.15, -0.1) is 5.46 Å². The van der Waals surface area contributed by atoms with Crippen molar-refractivity contribution in [3.63, 3.8) is 0 Å². The number of rotatable bonds is 10. The lowest BCUT2D eigenvalue weighted by molar-refractivity contribution is 1.31. The van der Waals surface area contributed by atoms with Gasteiger partial charge in [-0.3, -0.25) is 0 Å². The molecular weight excluding hydrogens is 477 g/mol. The Morgan fingerprint density at radius 2 is 1.00 bits per heavy atom. The molecule has 0 bridgehead atoms. The average molecular weight is 520 g/mol. The lowest BCUT2D eigenvalue weighted by Gasteiger charge is -2.36. The highest BCUT2D eigenvalue weighted by Crippen LogP contribution is 2.33. The molecule has 42 heavy (non-hydrogen) atoms. The zero-order valence-corrected chi connectivity index (χ0v) is 31.0. The first-order valence-electron chi connectivity index (χ1n) is 17.5. The molecule has 0 aliphatic rings. The van der Waals surface area contributed by atoms with E-state index in [0.29, 0.717) is 51.5 Å². The summed E-state index contributed by atoms with van der Waals surface area (Å²) in [6, 6.07) is 0. The minimum absolute atomic E-state index is 0.491. The second kappa shape index (κ2) is 14.0. The minimum atomic E-state index is 0.491. The molecule has 0 aromatic heterocycles. The Labute approximate surface area is 276 Å². The minimum Gasteiger partial charge on any atom is -0.110 e. The normalized spacial score (nSPS) is 10.8. The lowest BCUT2D eigenvalue weighted by atomic mass is 8.63. The molecule has 3 rings (SSSR count). The second-order valence-electron chi connectivity index (χ2n) is 15.5. The number of hydrogen-bond donors (Lipinski definition) is 0. The zero-order valence-electron chi connectivity index (χ0n) is 31.0. The van der Waals surface area contributed by atoms with Crippen LogP contribution in [0.25, 0.3) is 21.5 Å². The van der Waals surface area contributed by atoms with Crippen LogP contribution in [-0.2, 0) is 0 Å².